The molecule has 10 heteroatoms. The number of hydrogen-bond acceptors (Lipinski definition) is 7. The summed E-state index contributed by atoms with van der Waals surface area (Å²) in [6, 6.07) is 9.04. The van der Waals surface area contributed by atoms with E-state index in [9.17, 15) is 18.0 Å². The molecule has 0 bridgehead atoms. The van der Waals surface area contributed by atoms with Crippen molar-refractivity contribution in [2.24, 2.45) is 0 Å². The highest BCUT2D eigenvalue weighted by atomic mass is 32.2. The second kappa shape index (κ2) is 9.83. The van der Waals surface area contributed by atoms with Gasteiger partial charge in [0.2, 0.25) is 10.0 Å². The van der Waals surface area contributed by atoms with Gasteiger partial charge in [-0.1, -0.05) is 0 Å². The first-order chi connectivity index (χ1) is 13.4. The molecule has 0 aromatic heterocycles. The number of benzene rings is 1. The van der Waals surface area contributed by atoms with Gasteiger partial charge in [0, 0.05) is 19.1 Å². The summed E-state index contributed by atoms with van der Waals surface area (Å²) in [5.41, 5.74) is 0.110. The highest BCUT2D eigenvalue weighted by molar-refractivity contribution is 7.89. The van der Waals surface area contributed by atoms with E-state index in [0.717, 1.165) is 12.8 Å². The number of amides is 1. The van der Waals surface area contributed by atoms with Crippen molar-refractivity contribution in [1.29, 1.82) is 10.5 Å². The van der Waals surface area contributed by atoms with Crippen molar-refractivity contribution in [2.45, 2.75) is 36.6 Å². The molecule has 9 nitrogen and oxygen atoms in total. The third-order valence-corrected chi connectivity index (χ3v) is 5.50. The first kappa shape index (κ1) is 21.4. The van der Waals surface area contributed by atoms with Crippen LogP contribution in [-0.4, -0.2) is 50.9 Å². The number of rotatable bonds is 10. The fraction of sp³-hybridized carbons (Fsp3) is 0.444. The van der Waals surface area contributed by atoms with Gasteiger partial charge in [-0.15, -0.1) is 0 Å². The van der Waals surface area contributed by atoms with Crippen LogP contribution in [0.2, 0.25) is 0 Å². The zero-order valence-electron chi connectivity index (χ0n) is 15.1. The van der Waals surface area contributed by atoms with E-state index in [0.29, 0.717) is 0 Å². The van der Waals surface area contributed by atoms with Crippen molar-refractivity contribution in [3.63, 3.8) is 0 Å². The second-order valence-corrected chi connectivity index (χ2v) is 7.91. The van der Waals surface area contributed by atoms with Gasteiger partial charge in [-0.05, 0) is 37.1 Å². The van der Waals surface area contributed by atoms with Crippen LogP contribution < -0.4 is 4.72 Å². The molecule has 1 aliphatic rings. The summed E-state index contributed by atoms with van der Waals surface area (Å²) in [6.07, 6.45) is 1.85. The highest BCUT2D eigenvalue weighted by Crippen LogP contribution is 2.22. The number of hydrogen-bond donors (Lipinski definition) is 1. The first-order valence-electron chi connectivity index (χ1n) is 8.68. The van der Waals surface area contributed by atoms with E-state index in [1.54, 1.807) is 0 Å². The first-order valence-corrected chi connectivity index (χ1v) is 10.2. The fourth-order valence-electron chi connectivity index (χ4n) is 2.29. The molecule has 1 fully saturated rings. The summed E-state index contributed by atoms with van der Waals surface area (Å²) >= 11 is 0. The van der Waals surface area contributed by atoms with E-state index in [1.165, 1.54) is 29.2 Å². The van der Waals surface area contributed by atoms with E-state index in [2.05, 4.69) is 4.72 Å². The molecule has 0 heterocycles. The van der Waals surface area contributed by atoms with Gasteiger partial charge in [-0.3, -0.25) is 4.79 Å². The number of sulfonamides is 1. The van der Waals surface area contributed by atoms with Crippen LogP contribution in [0.4, 0.5) is 0 Å². The van der Waals surface area contributed by atoms with Gasteiger partial charge in [0.05, 0.1) is 35.4 Å². The van der Waals surface area contributed by atoms with Crippen molar-refractivity contribution in [3.05, 3.63) is 29.8 Å². The second-order valence-electron chi connectivity index (χ2n) is 6.19. The predicted molar refractivity (Wildman–Crippen MR) is 97.1 cm³/mol. The van der Waals surface area contributed by atoms with Gasteiger partial charge in [0.1, 0.15) is 0 Å². The molecule has 0 radical (unpaired) electrons. The van der Waals surface area contributed by atoms with Crippen LogP contribution in [-0.2, 0) is 19.6 Å². The number of carbonyl (C=O) groups excluding carboxylic acids is 2. The van der Waals surface area contributed by atoms with Crippen molar-refractivity contribution < 1.29 is 22.7 Å². The minimum Gasteiger partial charge on any atom is -0.452 e. The van der Waals surface area contributed by atoms with E-state index < -0.39 is 28.5 Å². The number of esters is 1. The Morgan fingerprint density at radius 3 is 2.18 bits per heavy atom. The van der Waals surface area contributed by atoms with E-state index in [1.807, 2.05) is 12.1 Å². The zero-order chi connectivity index (χ0) is 20.6. The van der Waals surface area contributed by atoms with Gasteiger partial charge in [-0.2, -0.15) is 10.5 Å². The summed E-state index contributed by atoms with van der Waals surface area (Å²) in [5, 5.41) is 17.3. The molecule has 0 atom stereocenters. The van der Waals surface area contributed by atoms with Crippen LogP contribution in [0.5, 0.6) is 0 Å². The lowest BCUT2D eigenvalue weighted by molar-refractivity contribution is -0.134. The van der Waals surface area contributed by atoms with Gasteiger partial charge < -0.3 is 9.64 Å². The summed E-state index contributed by atoms with van der Waals surface area (Å²) in [7, 11) is -3.61. The lowest BCUT2D eigenvalue weighted by atomic mass is 10.2. The van der Waals surface area contributed by atoms with Crippen molar-refractivity contribution in [2.75, 3.05) is 19.7 Å². The minimum atomic E-state index is -3.61. The van der Waals surface area contributed by atoms with Gasteiger partial charge in [0.15, 0.2) is 6.61 Å². The Morgan fingerprint density at radius 1 is 1.11 bits per heavy atom. The normalized spacial score (nSPS) is 13.2. The predicted octanol–water partition coefficient (Wildman–Crippen LogP) is 0.940. The summed E-state index contributed by atoms with van der Waals surface area (Å²) < 4.78 is 31.7. The van der Waals surface area contributed by atoms with Crippen LogP contribution >= 0.6 is 0 Å². The van der Waals surface area contributed by atoms with E-state index >= 15 is 0 Å². The van der Waals surface area contributed by atoms with Crippen molar-refractivity contribution >= 4 is 21.9 Å². The fourth-order valence-corrected chi connectivity index (χ4v) is 3.60. The standard InChI is InChI=1S/C18H20N4O5S/c19-9-1-11-22(12-2-10-20)17(23)13-27-18(24)14-3-7-16(8-4-14)28(25,26)21-15-5-6-15/h3-4,7-8,15,21H,1-2,5-6,11-13H2. The van der Waals surface area contributed by atoms with Crippen LogP contribution in [0.3, 0.4) is 0 Å². The van der Waals surface area contributed by atoms with Crippen LogP contribution in [0.25, 0.3) is 0 Å². The van der Waals surface area contributed by atoms with Crippen molar-refractivity contribution in [3.8, 4) is 12.1 Å². The molecule has 2 rings (SSSR count). The van der Waals surface area contributed by atoms with E-state index in [-0.39, 0.29) is 42.4 Å². The lowest BCUT2D eigenvalue weighted by Gasteiger charge is -2.20. The van der Waals surface area contributed by atoms with E-state index in [4.69, 9.17) is 15.3 Å². The third-order valence-electron chi connectivity index (χ3n) is 3.97. The summed E-state index contributed by atoms with van der Waals surface area (Å²) in [4.78, 5) is 25.6. The Kier molecular flexibility index (Phi) is 7.50. The largest absolute Gasteiger partial charge is 0.452 e. The minimum absolute atomic E-state index is 0.0225. The van der Waals surface area contributed by atoms with Crippen LogP contribution in [0.1, 0.15) is 36.0 Å². The molecule has 1 aliphatic carbocycles. The Bertz CT molecular complexity index is 877. The number of nitrogens with one attached hydrogen (secondary N) is 1. The van der Waals surface area contributed by atoms with Crippen LogP contribution in [0.15, 0.2) is 29.2 Å². The number of carbonyl (C=O) groups is 2. The number of ether oxygens (including phenoxy) is 1. The Hall–Kier alpha value is -2.95. The number of nitrogens with zero attached hydrogens (tertiary/aromatic N) is 3. The third kappa shape index (κ3) is 6.34. The maximum Gasteiger partial charge on any atom is 0.338 e. The molecule has 1 N–H and O–H groups in total. The molecule has 0 saturated heterocycles. The molecular formula is C18H20N4O5S. The SMILES string of the molecule is N#CCCN(CCC#N)C(=O)COC(=O)c1ccc(S(=O)(=O)NC2CC2)cc1. The quantitative estimate of drug-likeness (QED) is 0.572. The maximum absolute atomic E-state index is 12.1. The maximum atomic E-state index is 12.1. The molecule has 28 heavy (non-hydrogen) atoms. The Labute approximate surface area is 163 Å². The topological polar surface area (TPSA) is 140 Å². The smallest absolute Gasteiger partial charge is 0.338 e. The Balaban J connectivity index is 1.91. The molecule has 1 aromatic carbocycles. The van der Waals surface area contributed by atoms with Gasteiger partial charge >= 0.3 is 5.97 Å². The lowest BCUT2D eigenvalue weighted by Crippen LogP contribution is -2.36. The molecule has 1 saturated carbocycles. The molecule has 148 valence electrons. The van der Waals surface area contributed by atoms with Gasteiger partial charge in [0.25, 0.3) is 5.91 Å². The average molecular weight is 404 g/mol. The average Bonchev–Trinajstić information content (AvgIpc) is 3.49. The van der Waals surface area contributed by atoms with Crippen molar-refractivity contribution in [1.82, 2.24) is 9.62 Å². The number of nitriles is 2. The molecule has 1 aromatic rings. The van der Waals surface area contributed by atoms with Crippen LogP contribution in [0, 0.1) is 22.7 Å². The zero-order valence-corrected chi connectivity index (χ0v) is 15.9. The molecule has 0 spiro atoms. The molecule has 0 unspecified atom stereocenters. The summed E-state index contributed by atoms with van der Waals surface area (Å²) in [6.45, 7) is -0.233. The summed E-state index contributed by atoms with van der Waals surface area (Å²) in [5.74, 6) is -1.28. The molecule has 1 amide bonds. The van der Waals surface area contributed by atoms with Gasteiger partial charge in [-0.25, -0.2) is 17.9 Å². The Morgan fingerprint density at radius 2 is 1.68 bits per heavy atom. The highest BCUT2D eigenvalue weighted by Gasteiger charge is 2.28. The monoisotopic (exact) mass is 404 g/mol. The molecular weight excluding hydrogens is 384 g/mol. The molecule has 0 aliphatic heterocycles.